The highest BCUT2D eigenvalue weighted by Crippen LogP contribution is 2.23. The smallest absolute Gasteiger partial charge is 0.203 e. The summed E-state index contributed by atoms with van der Waals surface area (Å²) in [5, 5.41) is 6.46. The van der Waals surface area contributed by atoms with Crippen molar-refractivity contribution < 1.29 is 4.74 Å². The molecule has 2 unspecified atom stereocenters. The lowest BCUT2D eigenvalue weighted by Gasteiger charge is -2.18. The van der Waals surface area contributed by atoms with Gasteiger partial charge in [0, 0.05) is 24.9 Å². The van der Waals surface area contributed by atoms with Crippen molar-refractivity contribution in [3.8, 4) is 0 Å². The van der Waals surface area contributed by atoms with Gasteiger partial charge >= 0.3 is 0 Å². The minimum absolute atomic E-state index is 0.148. The molecule has 2 rings (SSSR count). The Balaban J connectivity index is 2.15. The molecule has 0 bridgehead atoms. The molecule has 2 aromatic heterocycles. The SMILES string of the molecule is COCC(C)n1cc(C)nc1NC(C)c1nccs1. The fourth-order valence-corrected chi connectivity index (χ4v) is 2.63. The maximum atomic E-state index is 5.21. The van der Waals surface area contributed by atoms with Crippen LogP contribution in [0.5, 0.6) is 0 Å². The Bertz CT molecular complexity index is 509. The molecule has 0 fully saturated rings. The lowest BCUT2D eigenvalue weighted by molar-refractivity contribution is 0.163. The van der Waals surface area contributed by atoms with E-state index in [1.54, 1.807) is 18.4 Å². The molecule has 0 aromatic carbocycles. The molecule has 0 aliphatic carbocycles. The monoisotopic (exact) mass is 280 g/mol. The van der Waals surface area contributed by atoms with E-state index in [4.69, 9.17) is 4.74 Å². The second kappa shape index (κ2) is 6.16. The van der Waals surface area contributed by atoms with Gasteiger partial charge in [0.25, 0.3) is 0 Å². The van der Waals surface area contributed by atoms with Crippen LogP contribution in [-0.2, 0) is 4.74 Å². The fourth-order valence-electron chi connectivity index (χ4n) is 1.98. The zero-order valence-electron chi connectivity index (χ0n) is 11.8. The summed E-state index contributed by atoms with van der Waals surface area (Å²) >= 11 is 1.65. The molecule has 0 aliphatic rings. The molecule has 2 aromatic rings. The van der Waals surface area contributed by atoms with E-state index in [1.807, 2.05) is 24.7 Å². The van der Waals surface area contributed by atoms with Crippen LogP contribution < -0.4 is 5.32 Å². The topological polar surface area (TPSA) is 52.0 Å². The Kier molecular flexibility index (Phi) is 4.55. The first kappa shape index (κ1) is 14.0. The van der Waals surface area contributed by atoms with Gasteiger partial charge in [0.2, 0.25) is 5.95 Å². The van der Waals surface area contributed by atoms with Crippen molar-refractivity contribution in [2.45, 2.75) is 32.9 Å². The van der Waals surface area contributed by atoms with Crippen molar-refractivity contribution in [1.29, 1.82) is 0 Å². The number of aryl methyl sites for hydroxylation is 1. The largest absolute Gasteiger partial charge is 0.383 e. The van der Waals surface area contributed by atoms with Gasteiger partial charge in [0.1, 0.15) is 5.01 Å². The number of hydrogen-bond donors (Lipinski definition) is 1. The van der Waals surface area contributed by atoms with Gasteiger partial charge in [-0.25, -0.2) is 9.97 Å². The van der Waals surface area contributed by atoms with Gasteiger partial charge in [-0.05, 0) is 20.8 Å². The van der Waals surface area contributed by atoms with Crippen molar-refractivity contribution in [2.75, 3.05) is 19.0 Å². The minimum Gasteiger partial charge on any atom is -0.383 e. The minimum atomic E-state index is 0.148. The molecule has 0 saturated heterocycles. The van der Waals surface area contributed by atoms with Crippen LogP contribution in [0.4, 0.5) is 5.95 Å². The van der Waals surface area contributed by atoms with Crippen LogP contribution in [0.1, 0.15) is 36.6 Å². The van der Waals surface area contributed by atoms with Crippen molar-refractivity contribution in [1.82, 2.24) is 14.5 Å². The summed E-state index contributed by atoms with van der Waals surface area (Å²) in [5.74, 6) is 0.866. The number of nitrogens with zero attached hydrogens (tertiary/aromatic N) is 3. The summed E-state index contributed by atoms with van der Waals surface area (Å²) < 4.78 is 7.33. The average Bonchev–Trinajstić information content (AvgIpc) is 2.98. The van der Waals surface area contributed by atoms with Crippen LogP contribution in [0.25, 0.3) is 0 Å². The Labute approximate surface area is 117 Å². The second-order valence-electron chi connectivity index (χ2n) is 4.65. The predicted octanol–water partition coefficient (Wildman–Crippen LogP) is 3.03. The lowest BCUT2D eigenvalue weighted by atomic mass is 10.3. The Hall–Kier alpha value is -1.40. The van der Waals surface area contributed by atoms with Crippen molar-refractivity contribution in [2.24, 2.45) is 0 Å². The molecule has 2 atom stereocenters. The van der Waals surface area contributed by atoms with E-state index >= 15 is 0 Å². The molecule has 1 N–H and O–H groups in total. The molecule has 104 valence electrons. The first-order valence-corrected chi connectivity index (χ1v) is 7.20. The quantitative estimate of drug-likeness (QED) is 0.883. The van der Waals surface area contributed by atoms with E-state index in [2.05, 4.69) is 33.7 Å². The summed E-state index contributed by atoms with van der Waals surface area (Å²) in [6, 6.07) is 0.396. The van der Waals surface area contributed by atoms with Gasteiger partial charge in [0.15, 0.2) is 0 Å². The molecular weight excluding hydrogens is 260 g/mol. The van der Waals surface area contributed by atoms with E-state index < -0.39 is 0 Å². The highest BCUT2D eigenvalue weighted by molar-refractivity contribution is 7.09. The van der Waals surface area contributed by atoms with Crippen LogP contribution in [0.3, 0.4) is 0 Å². The predicted molar refractivity (Wildman–Crippen MR) is 77.7 cm³/mol. The molecule has 19 heavy (non-hydrogen) atoms. The van der Waals surface area contributed by atoms with Gasteiger partial charge in [-0.1, -0.05) is 0 Å². The zero-order chi connectivity index (χ0) is 13.8. The van der Waals surface area contributed by atoms with Crippen LogP contribution >= 0.6 is 11.3 Å². The van der Waals surface area contributed by atoms with E-state index in [9.17, 15) is 0 Å². The number of imidazole rings is 1. The third-order valence-corrected chi connectivity index (χ3v) is 3.86. The fraction of sp³-hybridized carbons (Fsp3) is 0.538. The first-order valence-electron chi connectivity index (χ1n) is 6.32. The maximum absolute atomic E-state index is 5.21. The number of aromatic nitrogens is 3. The molecule has 5 nitrogen and oxygen atoms in total. The van der Waals surface area contributed by atoms with Crippen molar-refractivity contribution in [3.05, 3.63) is 28.5 Å². The molecular formula is C13H20N4OS. The Morgan fingerprint density at radius 3 is 2.89 bits per heavy atom. The third kappa shape index (κ3) is 3.33. The normalized spacial score (nSPS) is 14.3. The summed E-state index contributed by atoms with van der Waals surface area (Å²) in [7, 11) is 1.71. The number of rotatable bonds is 6. The molecule has 2 heterocycles. The van der Waals surface area contributed by atoms with E-state index in [1.165, 1.54) is 0 Å². The second-order valence-corrected chi connectivity index (χ2v) is 5.58. The van der Waals surface area contributed by atoms with E-state index in [0.717, 1.165) is 16.6 Å². The Morgan fingerprint density at radius 1 is 1.47 bits per heavy atom. The molecule has 0 aliphatic heterocycles. The van der Waals surface area contributed by atoms with E-state index in [-0.39, 0.29) is 12.1 Å². The lowest BCUT2D eigenvalue weighted by Crippen LogP contribution is -2.16. The van der Waals surface area contributed by atoms with Crippen LogP contribution in [0.15, 0.2) is 17.8 Å². The zero-order valence-corrected chi connectivity index (χ0v) is 12.6. The van der Waals surface area contributed by atoms with Gasteiger partial charge in [-0.2, -0.15) is 0 Å². The molecule has 0 radical (unpaired) electrons. The van der Waals surface area contributed by atoms with Gasteiger partial charge in [0.05, 0.1) is 24.4 Å². The van der Waals surface area contributed by atoms with Gasteiger partial charge < -0.3 is 14.6 Å². The first-order chi connectivity index (χ1) is 9.11. The molecule has 6 heteroatoms. The third-order valence-electron chi connectivity index (χ3n) is 2.90. The number of hydrogen-bond acceptors (Lipinski definition) is 5. The number of methoxy groups -OCH3 is 1. The number of thiazole rings is 1. The summed E-state index contributed by atoms with van der Waals surface area (Å²) in [5.41, 5.74) is 0.997. The van der Waals surface area contributed by atoms with E-state index in [0.29, 0.717) is 6.61 Å². The highest BCUT2D eigenvalue weighted by atomic mass is 32.1. The molecule has 0 spiro atoms. The Morgan fingerprint density at radius 2 is 2.26 bits per heavy atom. The van der Waals surface area contributed by atoms with Crippen LogP contribution in [-0.4, -0.2) is 28.3 Å². The van der Waals surface area contributed by atoms with Crippen molar-refractivity contribution in [3.63, 3.8) is 0 Å². The highest BCUT2D eigenvalue weighted by Gasteiger charge is 2.15. The summed E-state index contributed by atoms with van der Waals surface area (Å²) in [4.78, 5) is 8.86. The average molecular weight is 280 g/mol. The standard InChI is InChI=1S/C13H20N4OS/c1-9-7-17(10(2)8-18-4)13(15-9)16-11(3)12-14-5-6-19-12/h5-7,10-11H,8H2,1-4H3,(H,15,16). The number of anilines is 1. The number of ether oxygens (including phenoxy) is 1. The van der Waals surface area contributed by atoms with Crippen LogP contribution in [0.2, 0.25) is 0 Å². The molecule has 0 amide bonds. The van der Waals surface area contributed by atoms with Crippen molar-refractivity contribution >= 4 is 17.3 Å². The number of nitrogens with one attached hydrogen (secondary N) is 1. The summed E-state index contributed by atoms with van der Waals surface area (Å²) in [6.45, 7) is 6.86. The van der Waals surface area contributed by atoms with Crippen LogP contribution in [0, 0.1) is 6.92 Å². The molecule has 0 saturated carbocycles. The maximum Gasteiger partial charge on any atom is 0.203 e. The summed E-state index contributed by atoms with van der Waals surface area (Å²) in [6.07, 6.45) is 3.87. The van der Waals surface area contributed by atoms with Gasteiger partial charge in [-0.3, -0.25) is 0 Å². The van der Waals surface area contributed by atoms with Gasteiger partial charge in [-0.15, -0.1) is 11.3 Å².